The van der Waals surface area contributed by atoms with Crippen LogP contribution in [0.5, 0.6) is 0 Å². The summed E-state index contributed by atoms with van der Waals surface area (Å²) in [7, 11) is 0. The van der Waals surface area contributed by atoms with Crippen LogP contribution in [0, 0.1) is 5.92 Å². The number of carboxylic acids is 1. The summed E-state index contributed by atoms with van der Waals surface area (Å²) in [5.41, 5.74) is -0.139. The summed E-state index contributed by atoms with van der Waals surface area (Å²) in [4.78, 5) is 21.3. The minimum absolute atomic E-state index is 0.139. The molecule has 0 spiro atoms. The number of carbonyl (C=O) groups excluding carboxylic acids is 1. The summed E-state index contributed by atoms with van der Waals surface area (Å²) in [5, 5.41) is 8.44. The van der Waals surface area contributed by atoms with Gasteiger partial charge < -0.3 is 9.84 Å². The number of carbonyl (C=O) groups is 2. The Balaban J connectivity index is 3.66. The van der Waals surface area contributed by atoms with Crippen LogP contribution in [0.25, 0.3) is 0 Å². The van der Waals surface area contributed by atoms with Gasteiger partial charge in [-0.05, 0) is 12.3 Å². The molecule has 0 aromatic rings. The van der Waals surface area contributed by atoms with Crippen LogP contribution in [-0.4, -0.2) is 23.7 Å². The van der Waals surface area contributed by atoms with Gasteiger partial charge in [0.25, 0.3) is 0 Å². The van der Waals surface area contributed by atoms with Gasteiger partial charge in [-0.1, -0.05) is 20.4 Å². The van der Waals surface area contributed by atoms with E-state index in [4.69, 9.17) is 9.84 Å². The normalized spacial score (nSPS) is 9.93. The lowest BCUT2D eigenvalue weighted by Gasteiger charge is -2.06. The molecule has 0 aromatic heterocycles. The smallest absolute Gasteiger partial charge is 0.331 e. The highest BCUT2D eigenvalue weighted by Crippen LogP contribution is 2.03. The number of carboxylic acid groups (broad SMARTS) is 1. The minimum Gasteiger partial charge on any atom is -0.478 e. The van der Waals surface area contributed by atoms with Crippen molar-refractivity contribution in [2.24, 2.45) is 5.92 Å². The van der Waals surface area contributed by atoms with Crippen LogP contribution in [0.4, 0.5) is 0 Å². The molecule has 80 valence electrons. The molecule has 0 aromatic carbocycles. The predicted octanol–water partition coefficient (Wildman–Crippen LogP) is 1.61. The first-order valence-corrected chi connectivity index (χ1v) is 4.50. The van der Waals surface area contributed by atoms with Crippen LogP contribution in [0.15, 0.2) is 12.2 Å². The lowest BCUT2D eigenvalue weighted by Crippen LogP contribution is -2.11. The molecular formula is C10H16O4. The van der Waals surface area contributed by atoms with E-state index >= 15 is 0 Å². The van der Waals surface area contributed by atoms with Gasteiger partial charge in [-0.3, -0.25) is 4.79 Å². The van der Waals surface area contributed by atoms with E-state index in [1.807, 2.05) is 13.8 Å². The molecule has 0 fully saturated rings. The van der Waals surface area contributed by atoms with Gasteiger partial charge in [0.2, 0.25) is 0 Å². The molecule has 0 unspecified atom stereocenters. The Morgan fingerprint density at radius 3 is 2.43 bits per heavy atom. The summed E-state index contributed by atoms with van der Waals surface area (Å²) in [6, 6.07) is 0. The average Bonchev–Trinajstić information content (AvgIpc) is 2.02. The summed E-state index contributed by atoms with van der Waals surface area (Å²) in [6.45, 7) is 7.61. The van der Waals surface area contributed by atoms with Crippen LogP contribution in [0.2, 0.25) is 0 Å². The van der Waals surface area contributed by atoms with E-state index in [9.17, 15) is 9.59 Å². The van der Waals surface area contributed by atoms with E-state index in [1.54, 1.807) is 0 Å². The van der Waals surface area contributed by atoms with Crippen molar-refractivity contribution in [3.63, 3.8) is 0 Å². The van der Waals surface area contributed by atoms with Gasteiger partial charge in [-0.15, -0.1) is 0 Å². The molecule has 4 nitrogen and oxygen atoms in total. The van der Waals surface area contributed by atoms with Gasteiger partial charge in [0.05, 0.1) is 13.0 Å². The quantitative estimate of drug-likeness (QED) is 0.522. The summed E-state index contributed by atoms with van der Waals surface area (Å²) < 4.78 is 4.81. The molecule has 0 saturated heterocycles. The number of ether oxygens (including phenoxy) is 1. The van der Waals surface area contributed by atoms with Crippen molar-refractivity contribution >= 4 is 11.9 Å². The first-order chi connectivity index (χ1) is 6.43. The third kappa shape index (κ3) is 6.22. The van der Waals surface area contributed by atoms with Gasteiger partial charge in [0, 0.05) is 5.57 Å². The van der Waals surface area contributed by atoms with Crippen molar-refractivity contribution in [3.8, 4) is 0 Å². The van der Waals surface area contributed by atoms with E-state index in [0.717, 1.165) is 6.42 Å². The standard InChI is InChI=1S/C10H16O4/c1-7(2)4-5-14-9(11)6-8(3)10(12)13/h7H,3-6H2,1-2H3,(H,12,13). The van der Waals surface area contributed by atoms with Gasteiger partial charge >= 0.3 is 11.9 Å². The van der Waals surface area contributed by atoms with Gasteiger partial charge in [-0.2, -0.15) is 0 Å². The second kappa shape index (κ2) is 6.18. The maximum atomic E-state index is 11.0. The highest BCUT2D eigenvalue weighted by molar-refractivity contribution is 5.91. The van der Waals surface area contributed by atoms with Crippen LogP contribution in [0.3, 0.4) is 0 Å². The molecule has 0 atom stereocenters. The van der Waals surface area contributed by atoms with Crippen LogP contribution >= 0.6 is 0 Å². The number of esters is 1. The van der Waals surface area contributed by atoms with Crippen molar-refractivity contribution < 1.29 is 19.4 Å². The summed E-state index contributed by atoms with van der Waals surface area (Å²) in [6.07, 6.45) is 0.540. The van der Waals surface area contributed by atoms with E-state index < -0.39 is 11.9 Å². The molecule has 0 bridgehead atoms. The Morgan fingerprint density at radius 1 is 1.43 bits per heavy atom. The van der Waals surface area contributed by atoms with E-state index in [2.05, 4.69) is 6.58 Å². The lowest BCUT2D eigenvalue weighted by molar-refractivity contribution is -0.145. The lowest BCUT2D eigenvalue weighted by atomic mass is 10.1. The molecule has 0 amide bonds. The Kier molecular flexibility index (Phi) is 5.60. The predicted molar refractivity (Wildman–Crippen MR) is 51.8 cm³/mol. The van der Waals surface area contributed by atoms with Crippen molar-refractivity contribution in [3.05, 3.63) is 12.2 Å². The fourth-order valence-corrected chi connectivity index (χ4v) is 0.709. The molecule has 0 rings (SSSR count). The zero-order valence-electron chi connectivity index (χ0n) is 8.58. The number of hydrogen-bond acceptors (Lipinski definition) is 3. The maximum Gasteiger partial charge on any atom is 0.331 e. The van der Waals surface area contributed by atoms with Crippen molar-refractivity contribution in [2.75, 3.05) is 6.61 Å². The number of hydrogen-bond donors (Lipinski definition) is 1. The maximum absolute atomic E-state index is 11.0. The first kappa shape index (κ1) is 12.7. The van der Waals surface area contributed by atoms with Crippen molar-refractivity contribution in [1.82, 2.24) is 0 Å². The van der Waals surface area contributed by atoms with Gasteiger partial charge in [0.15, 0.2) is 0 Å². The van der Waals surface area contributed by atoms with E-state index in [0.29, 0.717) is 12.5 Å². The SMILES string of the molecule is C=C(CC(=O)OCCC(C)C)C(=O)O. The summed E-state index contributed by atoms with van der Waals surface area (Å²) >= 11 is 0. The second-order valence-corrected chi connectivity index (χ2v) is 3.49. The summed E-state index contributed by atoms with van der Waals surface area (Å²) in [5.74, 6) is -1.23. The van der Waals surface area contributed by atoms with Gasteiger partial charge in [-0.25, -0.2) is 4.79 Å². The minimum atomic E-state index is -1.16. The molecule has 0 radical (unpaired) electrons. The molecule has 0 aliphatic heterocycles. The van der Waals surface area contributed by atoms with E-state index in [1.165, 1.54) is 0 Å². The molecule has 14 heavy (non-hydrogen) atoms. The van der Waals surface area contributed by atoms with Crippen molar-refractivity contribution in [2.45, 2.75) is 26.7 Å². The Morgan fingerprint density at radius 2 is 2.00 bits per heavy atom. The fourth-order valence-electron chi connectivity index (χ4n) is 0.709. The fraction of sp³-hybridized carbons (Fsp3) is 0.600. The molecule has 0 aliphatic carbocycles. The van der Waals surface area contributed by atoms with Crippen molar-refractivity contribution in [1.29, 1.82) is 0 Å². The third-order valence-corrected chi connectivity index (χ3v) is 1.62. The number of rotatable bonds is 6. The molecule has 0 heterocycles. The largest absolute Gasteiger partial charge is 0.478 e. The van der Waals surface area contributed by atoms with Gasteiger partial charge in [0.1, 0.15) is 0 Å². The topological polar surface area (TPSA) is 63.6 Å². The highest BCUT2D eigenvalue weighted by Gasteiger charge is 2.11. The molecular weight excluding hydrogens is 184 g/mol. The molecule has 1 N–H and O–H groups in total. The molecule has 0 saturated carbocycles. The second-order valence-electron chi connectivity index (χ2n) is 3.49. The Labute approximate surface area is 83.6 Å². The van der Waals surface area contributed by atoms with Crippen LogP contribution < -0.4 is 0 Å². The van der Waals surface area contributed by atoms with Crippen LogP contribution in [-0.2, 0) is 14.3 Å². The average molecular weight is 200 g/mol. The Hall–Kier alpha value is -1.32. The first-order valence-electron chi connectivity index (χ1n) is 4.50. The zero-order valence-corrected chi connectivity index (χ0v) is 8.58. The Bertz CT molecular complexity index is 230. The van der Waals surface area contributed by atoms with Crippen LogP contribution in [0.1, 0.15) is 26.7 Å². The van der Waals surface area contributed by atoms with E-state index in [-0.39, 0.29) is 12.0 Å². The highest BCUT2D eigenvalue weighted by atomic mass is 16.5. The monoisotopic (exact) mass is 200 g/mol. The number of aliphatic carboxylic acids is 1. The molecule has 4 heteroatoms. The third-order valence-electron chi connectivity index (χ3n) is 1.62. The molecule has 0 aliphatic rings. The zero-order chi connectivity index (χ0) is 11.1.